The van der Waals surface area contributed by atoms with Crippen LogP contribution in [-0.4, -0.2) is 79.5 Å². The van der Waals surface area contributed by atoms with Crippen LogP contribution in [0.25, 0.3) is 22.0 Å². The van der Waals surface area contributed by atoms with Crippen LogP contribution in [0.3, 0.4) is 0 Å². The second kappa shape index (κ2) is 15.8. The molecule has 7 rings (SSSR count). The van der Waals surface area contributed by atoms with Gasteiger partial charge in [-0.1, -0.05) is 35.5 Å². The fourth-order valence-electron chi connectivity index (χ4n) is 7.95. The van der Waals surface area contributed by atoms with Crippen LogP contribution in [0.5, 0.6) is 0 Å². The summed E-state index contributed by atoms with van der Waals surface area (Å²) in [5.41, 5.74) is -1.40. The van der Waals surface area contributed by atoms with Crippen molar-refractivity contribution in [3.63, 3.8) is 0 Å². The van der Waals surface area contributed by atoms with E-state index in [-0.39, 0.29) is 56.2 Å². The van der Waals surface area contributed by atoms with Crippen LogP contribution in [0.15, 0.2) is 47.6 Å². The highest BCUT2D eigenvalue weighted by Gasteiger charge is 2.76. The third-order valence-corrected chi connectivity index (χ3v) is 12.4. The lowest BCUT2D eigenvalue weighted by Crippen LogP contribution is -2.49. The first-order valence-electron chi connectivity index (χ1n) is 18.2. The Kier molecular flexibility index (Phi) is 11.5. The molecule has 1 amide bonds. The molecule has 0 radical (unpaired) electrons. The molecule has 0 saturated heterocycles. The molecule has 3 heterocycles. The number of rotatable bonds is 11. The normalized spacial score (nSPS) is 21.2. The molecule has 21 heteroatoms. The number of benzene rings is 2. The Bertz CT molecular complexity index is 2430. The van der Waals surface area contributed by atoms with E-state index in [9.17, 15) is 39.9 Å². The van der Waals surface area contributed by atoms with Crippen molar-refractivity contribution in [2.45, 2.75) is 68.3 Å². The van der Waals surface area contributed by atoms with E-state index in [1.54, 1.807) is 6.26 Å². The predicted octanol–water partition coefficient (Wildman–Crippen LogP) is 9.68. The van der Waals surface area contributed by atoms with Gasteiger partial charge >= 0.3 is 12.4 Å². The molecule has 4 unspecified atom stereocenters. The quantitative estimate of drug-likeness (QED) is 0.0881. The molecule has 2 aromatic carbocycles. The number of amides is 1. The first-order chi connectivity index (χ1) is 28.0. The lowest BCUT2D eigenvalue weighted by atomic mass is 9.92. The van der Waals surface area contributed by atoms with Crippen LogP contribution in [0, 0.1) is 41.2 Å². The van der Waals surface area contributed by atoms with E-state index in [4.69, 9.17) is 16.6 Å². The number of halogens is 11. The molecule has 320 valence electrons. The minimum Gasteiger partial charge on any atom is -0.346 e. The van der Waals surface area contributed by atoms with Gasteiger partial charge in [-0.15, -0.1) is 11.8 Å². The molecule has 0 spiro atoms. The maximum Gasteiger partial charge on any atom is 0.431 e. The average molecular weight is 906 g/mol. The second-order valence-corrected chi connectivity index (χ2v) is 17.6. The van der Waals surface area contributed by atoms with Gasteiger partial charge in [-0.3, -0.25) is 14.5 Å². The van der Waals surface area contributed by atoms with Crippen molar-refractivity contribution in [1.29, 1.82) is 0 Å². The van der Waals surface area contributed by atoms with Crippen LogP contribution in [0.1, 0.15) is 43.3 Å². The van der Waals surface area contributed by atoms with Crippen molar-refractivity contribution >= 4 is 63.7 Å². The summed E-state index contributed by atoms with van der Waals surface area (Å²) in [4.78, 5) is 18.7. The summed E-state index contributed by atoms with van der Waals surface area (Å²) in [7, 11) is 0. The summed E-state index contributed by atoms with van der Waals surface area (Å²) in [6, 6.07) is 4.76. The number of hydrogen-bond donors (Lipinski definition) is 2. The van der Waals surface area contributed by atoms with Gasteiger partial charge in [0.2, 0.25) is 5.91 Å². The molecule has 3 aliphatic rings. The minimum absolute atomic E-state index is 0.00553. The Labute approximate surface area is 350 Å². The summed E-state index contributed by atoms with van der Waals surface area (Å²) in [5, 5.41) is 10.8. The number of anilines is 1. The smallest absolute Gasteiger partial charge is 0.346 e. The molecular weight excluding hydrogens is 872 g/mol. The Hall–Kier alpha value is -4.35. The van der Waals surface area contributed by atoms with Gasteiger partial charge in [-0.2, -0.15) is 36.5 Å². The molecule has 2 aromatic heterocycles. The highest BCUT2D eigenvalue weighted by atomic mass is 35.5. The number of hydrazone groups is 1. The third-order valence-electron chi connectivity index (χ3n) is 10.6. The maximum atomic E-state index is 15.5. The number of nitrogens with zero attached hydrogens (tertiary/aromatic N) is 5. The molecule has 8 nitrogen and oxygen atoms in total. The van der Waals surface area contributed by atoms with Crippen molar-refractivity contribution in [2.75, 3.05) is 23.8 Å². The highest BCUT2D eigenvalue weighted by molar-refractivity contribution is 8.00. The van der Waals surface area contributed by atoms with Crippen molar-refractivity contribution in [3.05, 3.63) is 76.1 Å². The second-order valence-electron chi connectivity index (χ2n) is 15.2. The largest absolute Gasteiger partial charge is 0.431 e. The van der Waals surface area contributed by atoms with Gasteiger partial charge in [0.1, 0.15) is 42.2 Å². The molecule has 2 N–H and O–H groups in total. The topological polar surface area (TPSA) is 87.4 Å². The van der Waals surface area contributed by atoms with Crippen LogP contribution >= 0.6 is 35.3 Å². The summed E-state index contributed by atoms with van der Waals surface area (Å²) >= 11 is 9.03. The van der Waals surface area contributed by atoms with Crippen LogP contribution in [0.4, 0.5) is 49.7 Å². The minimum atomic E-state index is -5.05. The van der Waals surface area contributed by atoms with Crippen molar-refractivity contribution in [1.82, 2.24) is 25.1 Å². The molecule has 2 saturated carbocycles. The Morgan fingerprint density at radius 1 is 1.03 bits per heavy atom. The predicted molar refractivity (Wildman–Crippen MR) is 211 cm³/mol. The molecule has 0 bridgehead atoms. The van der Waals surface area contributed by atoms with Gasteiger partial charge in [0.15, 0.2) is 5.82 Å². The number of aromatic nitrogens is 3. The van der Waals surface area contributed by atoms with Crippen LogP contribution in [-0.2, 0) is 17.8 Å². The monoisotopic (exact) mass is 905 g/mol. The fourth-order valence-corrected chi connectivity index (χ4v) is 8.68. The van der Waals surface area contributed by atoms with E-state index in [1.165, 1.54) is 36.0 Å². The Morgan fingerprint density at radius 3 is 2.35 bits per heavy atom. The SMILES string of the molecule is CSNc1nn(CC(F)(F)F)c2c(-c3ccc(C#CC(C)(C)SC)nc3[C@H](Cc3cc(F)cc(F)c3)NC(=O)CN3N=C(C(F)(F)F)C4C5CC5C(F)(F)C43)ccc(Cl)c12. The number of pyridine rings is 1. The number of carbonyl (C=O) groups excluding carboxylic acids is 1. The van der Waals surface area contributed by atoms with E-state index in [2.05, 4.69) is 32.1 Å². The maximum absolute atomic E-state index is 15.5. The lowest BCUT2D eigenvalue weighted by Gasteiger charge is -2.30. The molecule has 5 atom stereocenters. The van der Waals surface area contributed by atoms with Crippen molar-refractivity contribution in [3.8, 4) is 23.0 Å². The van der Waals surface area contributed by atoms with E-state index >= 15 is 8.78 Å². The summed E-state index contributed by atoms with van der Waals surface area (Å²) in [5.74, 6) is -4.62. The van der Waals surface area contributed by atoms with E-state index in [0.29, 0.717) is 15.8 Å². The van der Waals surface area contributed by atoms with E-state index in [0.717, 1.165) is 24.1 Å². The van der Waals surface area contributed by atoms with Gasteiger partial charge < -0.3 is 10.0 Å². The molecule has 2 fully saturated rings. The van der Waals surface area contributed by atoms with E-state index in [1.807, 2.05) is 20.1 Å². The zero-order valence-electron chi connectivity index (χ0n) is 31.9. The third kappa shape index (κ3) is 8.71. The molecule has 4 aromatic rings. The Balaban J connectivity index is 1.39. The van der Waals surface area contributed by atoms with Crippen molar-refractivity contribution < 1.29 is 48.7 Å². The first-order valence-corrected chi connectivity index (χ1v) is 21.0. The number of thioether (sulfide) groups is 1. The van der Waals surface area contributed by atoms with E-state index < -0.39 is 95.6 Å². The van der Waals surface area contributed by atoms with Gasteiger partial charge in [-0.05, 0) is 80.7 Å². The van der Waals surface area contributed by atoms with Gasteiger partial charge in [0, 0.05) is 35.3 Å². The van der Waals surface area contributed by atoms with Gasteiger partial charge in [0.25, 0.3) is 5.92 Å². The number of hydrogen-bond acceptors (Lipinski definition) is 8. The van der Waals surface area contributed by atoms with Gasteiger partial charge in [-0.25, -0.2) is 22.5 Å². The molecule has 2 aliphatic carbocycles. The zero-order valence-corrected chi connectivity index (χ0v) is 34.3. The lowest BCUT2D eigenvalue weighted by molar-refractivity contribution is -0.141. The zero-order chi connectivity index (χ0) is 43.7. The fraction of sp³-hybridized carbons (Fsp3) is 0.436. The average Bonchev–Trinajstić information content (AvgIpc) is 3.66. The summed E-state index contributed by atoms with van der Waals surface area (Å²) in [6.07, 6.45) is -6.95. The van der Waals surface area contributed by atoms with Crippen LogP contribution in [0.2, 0.25) is 5.02 Å². The van der Waals surface area contributed by atoms with Gasteiger partial charge in [0.05, 0.1) is 32.4 Å². The Morgan fingerprint density at radius 2 is 1.72 bits per heavy atom. The number of carbonyl (C=O) groups is 1. The molecular formula is C39H34ClF10N7OS2. The molecule has 1 aliphatic heterocycles. The number of alkyl halides is 8. The van der Waals surface area contributed by atoms with Crippen molar-refractivity contribution in [2.24, 2.45) is 22.9 Å². The molecule has 60 heavy (non-hydrogen) atoms. The number of fused-ring (bicyclic) bond motifs is 4. The summed E-state index contributed by atoms with van der Waals surface area (Å²) < 4.78 is 148. The summed E-state index contributed by atoms with van der Waals surface area (Å²) in [6.45, 7) is 1.03. The first kappa shape index (κ1) is 43.7. The van der Waals surface area contributed by atoms with Crippen LogP contribution < -0.4 is 10.0 Å². The standard InChI is InChI=1S/C39H34ClF10N7OS2/c1-36(2,59-3)10-9-21-5-6-22(23-7-8-26(40)30-32(23)57(17-37(43,44)45)54-35(30)55-60-4)31(51-21)27(13-18-11-19(41)14-20(42)12-18)52-28(58)16-56-34-29(33(53-56)39(48,49)50)24-15-25(24)38(34,46)47/h5-8,11-12,14,24-25,27,29,34H,13,15-17H2,1-4H3,(H,52,58)(H,54,55)/t24?,25?,27-,29?,34?/m0/s1. The highest BCUT2D eigenvalue weighted by Crippen LogP contribution is 2.66. The number of nitrogens with one attached hydrogen (secondary N) is 2.